The van der Waals surface area contributed by atoms with Gasteiger partial charge >= 0.3 is 0 Å². The van der Waals surface area contributed by atoms with Crippen molar-refractivity contribution in [2.45, 2.75) is 26.1 Å². The number of phenols is 1. The van der Waals surface area contributed by atoms with Gasteiger partial charge in [-0.25, -0.2) is 0 Å². The molecule has 2 aromatic rings. The number of ether oxygens (including phenoxy) is 6. The Morgan fingerprint density at radius 1 is 0.633 bits per heavy atom. The highest BCUT2D eigenvalue weighted by atomic mass is 16.5. The average molecular weight is 418 g/mol. The Kier molecular flexibility index (Phi) is 6.51. The van der Waals surface area contributed by atoms with E-state index in [1.807, 2.05) is 12.1 Å². The highest BCUT2D eigenvalue weighted by molar-refractivity contribution is 5.55. The molecule has 30 heavy (non-hydrogen) atoms. The van der Waals surface area contributed by atoms with E-state index in [1.54, 1.807) is 33.5 Å². The number of aromatic hydroxyl groups is 1. The third-order valence-corrected chi connectivity index (χ3v) is 5.92. The summed E-state index contributed by atoms with van der Waals surface area (Å²) in [6.45, 7) is 4.31. The molecule has 4 atom stereocenters. The molecule has 0 unspecified atom stereocenters. The van der Waals surface area contributed by atoms with Crippen molar-refractivity contribution in [1.29, 1.82) is 0 Å². The fourth-order valence-electron chi connectivity index (χ4n) is 4.07. The lowest BCUT2D eigenvalue weighted by molar-refractivity contribution is 0.0285. The Hall–Kier alpha value is -2.80. The normalized spacial score (nSPS) is 23.2. The van der Waals surface area contributed by atoms with Gasteiger partial charge < -0.3 is 33.5 Å². The maximum atomic E-state index is 10.2. The van der Waals surface area contributed by atoms with Crippen LogP contribution in [-0.2, 0) is 4.74 Å². The van der Waals surface area contributed by atoms with Crippen molar-refractivity contribution in [3.05, 3.63) is 35.4 Å². The second-order valence-corrected chi connectivity index (χ2v) is 7.43. The molecular formula is C23H30O7. The first-order valence-corrected chi connectivity index (χ1v) is 9.80. The third-order valence-electron chi connectivity index (χ3n) is 5.92. The van der Waals surface area contributed by atoms with Gasteiger partial charge in [-0.1, -0.05) is 13.8 Å². The minimum atomic E-state index is -0.201. The minimum absolute atomic E-state index is 0.0244. The van der Waals surface area contributed by atoms with Gasteiger partial charge in [0.2, 0.25) is 11.5 Å². The molecule has 3 rings (SSSR count). The van der Waals surface area contributed by atoms with Gasteiger partial charge in [-0.05, 0) is 47.2 Å². The zero-order valence-corrected chi connectivity index (χ0v) is 18.5. The van der Waals surface area contributed by atoms with Crippen LogP contribution in [0.3, 0.4) is 0 Å². The molecule has 1 fully saturated rings. The summed E-state index contributed by atoms with van der Waals surface area (Å²) in [7, 11) is 7.80. The number of hydrogen-bond donors (Lipinski definition) is 1. The summed E-state index contributed by atoms with van der Waals surface area (Å²) in [6, 6.07) is 7.44. The van der Waals surface area contributed by atoms with Crippen molar-refractivity contribution >= 4 is 0 Å². The number of benzene rings is 2. The van der Waals surface area contributed by atoms with E-state index in [0.29, 0.717) is 28.7 Å². The van der Waals surface area contributed by atoms with Crippen LogP contribution in [0.4, 0.5) is 0 Å². The lowest BCUT2D eigenvalue weighted by atomic mass is 9.85. The zero-order valence-electron chi connectivity index (χ0n) is 18.5. The lowest BCUT2D eigenvalue weighted by Gasteiger charge is -2.20. The predicted molar refractivity (Wildman–Crippen MR) is 112 cm³/mol. The highest BCUT2D eigenvalue weighted by Crippen LogP contribution is 2.53. The van der Waals surface area contributed by atoms with Crippen molar-refractivity contribution in [2.24, 2.45) is 11.8 Å². The number of hydrogen-bond acceptors (Lipinski definition) is 7. The van der Waals surface area contributed by atoms with E-state index in [-0.39, 0.29) is 29.8 Å². The molecule has 164 valence electrons. The first-order valence-electron chi connectivity index (χ1n) is 9.80. The van der Waals surface area contributed by atoms with E-state index in [2.05, 4.69) is 13.8 Å². The molecule has 1 saturated heterocycles. The Morgan fingerprint density at radius 2 is 1.00 bits per heavy atom. The van der Waals surface area contributed by atoms with Gasteiger partial charge in [-0.15, -0.1) is 0 Å². The smallest absolute Gasteiger partial charge is 0.203 e. The molecular weight excluding hydrogens is 388 g/mol. The molecule has 1 aliphatic heterocycles. The topological polar surface area (TPSA) is 75.6 Å². The van der Waals surface area contributed by atoms with Crippen LogP contribution in [0.1, 0.15) is 37.2 Å². The van der Waals surface area contributed by atoms with Gasteiger partial charge in [0.05, 0.1) is 47.8 Å². The van der Waals surface area contributed by atoms with Crippen LogP contribution < -0.4 is 23.7 Å². The summed E-state index contributed by atoms with van der Waals surface area (Å²) in [5.74, 6) is 2.82. The van der Waals surface area contributed by atoms with Crippen LogP contribution in [0.15, 0.2) is 24.3 Å². The monoisotopic (exact) mass is 418 g/mol. The van der Waals surface area contributed by atoms with E-state index in [0.717, 1.165) is 11.1 Å². The Balaban J connectivity index is 2.00. The van der Waals surface area contributed by atoms with Crippen molar-refractivity contribution in [1.82, 2.24) is 0 Å². The molecule has 0 saturated carbocycles. The molecule has 0 bridgehead atoms. The van der Waals surface area contributed by atoms with Crippen LogP contribution in [0.25, 0.3) is 0 Å². The van der Waals surface area contributed by atoms with Crippen LogP contribution in [-0.4, -0.2) is 40.7 Å². The van der Waals surface area contributed by atoms with Gasteiger partial charge in [-0.2, -0.15) is 0 Å². The first-order chi connectivity index (χ1) is 14.4. The maximum Gasteiger partial charge on any atom is 0.203 e. The van der Waals surface area contributed by atoms with E-state index in [4.69, 9.17) is 28.4 Å². The standard InChI is InChI=1S/C23H30O7/c1-12-13(2)22(15-10-18(27-5)23(29-7)19(11-15)28-6)30-21(12)14-8-16(25-3)20(24)17(9-14)26-4/h8-13,21-22,24H,1-7H3/t12-,13-,21-,22+/m0/s1. The molecule has 0 amide bonds. The number of rotatable bonds is 7. The second kappa shape index (κ2) is 8.92. The van der Waals surface area contributed by atoms with Crippen molar-refractivity contribution in [3.63, 3.8) is 0 Å². The Bertz CT molecular complexity index is 845. The summed E-state index contributed by atoms with van der Waals surface area (Å²) < 4.78 is 33.6. The fraction of sp³-hybridized carbons (Fsp3) is 0.478. The van der Waals surface area contributed by atoms with E-state index >= 15 is 0 Å². The van der Waals surface area contributed by atoms with Crippen LogP contribution in [0, 0.1) is 11.8 Å². The largest absolute Gasteiger partial charge is 0.502 e. The summed E-state index contributed by atoms with van der Waals surface area (Å²) in [5, 5.41) is 10.2. The SMILES string of the molecule is COc1cc([C@H]2O[C@@H](c3cc(OC)c(OC)c(OC)c3)[C@@H](C)[C@@H]2C)cc(OC)c1O. The molecule has 1 aliphatic rings. The Morgan fingerprint density at radius 3 is 1.33 bits per heavy atom. The summed E-state index contributed by atoms with van der Waals surface area (Å²) >= 11 is 0. The zero-order chi connectivity index (χ0) is 22.0. The molecule has 1 heterocycles. The summed E-state index contributed by atoms with van der Waals surface area (Å²) in [5.41, 5.74) is 1.83. The van der Waals surface area contributed by atoms with E-state index in [9.17, 15) is 5.11 Å². The summed E-state index contributed by atoms with van der Waals surface area (Å²) in [4.78, 5) is 0. The fourth-order valence-corrected chi connectivity index (χ4v) is 4.07. The quantitative estimate of drug-likeness (QED) is 0.708. The van der Waals surface area contributed by atoms with Crippen molar-refractivity contribution < 1.29 is 33.5 Å². The minimum Gasteiger partial charge on any atom is -0.502 e. The second-order valence-electron chi connectivity index (χ2n) is 7.43. The van der Waals surface area contributed by atoms with Gasteiger partial charge in [0.1, 0.15) is 0 Å². The van der Waals surface area contributed by atoms with Gasteiger partial charge in [0.25, 0.3) is 0 Å². The molecule has 1 N–H and O–H groups in total. The van der Waals surface area contributed by atoms with E-state index < -0.39 is 0 Å². The van der Waals surface area contributed by atoms with Crippen LogP contribution in [0.5, 0.6) is 34.5 Å². The molecule has 2 aromatic carbocycles. The molecule has 0 aliphatic carbocycles. The number of phenolic OH excluding ortho intramolecular Hbond substituents is 1. The average Bonchev–Trinajstić information content (AvgIpc) is 3.07. The first kappa shape index (κ1) is 21.9. The van der Waals surface area contributed by atoms with Crippen LogP contribution >= 0.6 is 0 Å². The van der Waals surface area contributed by atoms with Crippen LogP contribution in [0.2, 0.25) is 0 Å². The predicted octanol–water partition coefficient (Wildman–Crippen LogP) is 4.52. The van der Waals surface area contributed by atoms with Gasteiger partial charge in [0.15, 0.2) is 23.0 Å². The molecule has 7 heteroatoms. The highest BCUT2D eigenvalue weighted by Gasteiger charge is 2.41. The Labute approximate surface area is 177 Å². The molecule has 0 aromatic heterocycles. The van der Waals surface area contributed by atoms with E-state index in [1.165, 1.54) is 14.2 Å². The van der Waals surface area contributed by atoms with Gasteiger partial charge in [-0.3, -0.25) is 0 Å². The maximum absolute atomic E-state index is 10.2. The number of methoxy groups -OCH3 is 5. The summed E-state index contributed by atoms with van der Waals surface area (Å²) in [6.07, 6.45) is -0.378. The molecule has 0 spiro atoms. The molecule has 0 radical (unpaired) electrons. The van der Waals surface area contributed by atoms with Gasteiger partial charge in [0, 0.05) is 0 Å². The lowest BCUT2D eigenvalue weighted by Crippen LogP contribution is -2.10. The third kappa shape index (κ3) is 3.69. The molecule has 7 nitrogen and oxygen atoms in total. The van der Waals surface area contributed by atoms with Crippen molar-refractivity contribution in [3.8, 4) is 34.5 Å². The van der Waals surface area contributed by atoms with Crippen molar-refractivity contribution in [2.75, 3.05) is 35.5 Å².